The van der Waals surface area contributed by atoms with Crippen molar-refractivity contribution in [3.8, 4) is 11.5 Å². The van der Waals surface area contributed by atoms with Crippen molar-refractivity contribution < 1.29 is 52.7 Å². The molecule has 0 saturated carbocycles. The molecule has 4 atom stereocenters. The molecule has 4 heterocycles. The number of amides is 3. The average molecular weight is 889 g/mol. The highest BCUT2D eigenvalue weighted by Crippen LogP contribution is 2.33. The minimum Gasteiger partial charge on any atom is -0.484 e. The summed E-state index contributed by atoms with van der Waals surface area (Å²) in [5.74, 6) is -1.49. The molecule has 0 radical (unpaired) electrons. The summed E-state index contributed by atoms with van der Waals surface area (Å²) in [5.41, 5.74) is 3.73. The molecule has 17 heteroatoms. The van der Waals surface area contributed by atoms with Gasteiger partial charge in [-0.15, -0.1) is 0 Å². The van der Waals surface area contributed by atoms with E-state index in [1.54, 1.807) is 89.8 Å². The fourth-order valence-electron chi connectivity index (χ4n) is 7.29. The summed E-state index contributed by atoms with van der Waals surface area (Å²) < 4.78 is 33.5. The van der Waals surface area contributed by atoms with Crippen LogP contribution in [-0.4, -0.2) is 109 Å². The van der Waals surface area contributed by atoms with Crippen LogP contribution in [0.5, 0.6) is 11.5 Å². The molecule has 65 heavy (non-hydrogen) atoms. The number of carbonyl (C=O) groups excluding carboxylic acids is 3. The molecule has 0 bridgehead atoms. The van der Waals surface area contributed by atoms with E-state index in [0.29, 0.717) is 60.2 Å². The highest BCUT2D eigenvalue weighted by atomic mass is 16.8. The summed E-state index contributed by atoms with van der Waals surface area (Å²) in [4.78, 5) is 55.4. The molecule has 0 aliphatic carbocycles. The lowest BCUT2D eigenvalue weighted by atomic mass is 10.1. The first kappa shape index (κ1) is 47.6. The molecule has 8 rings (SSSR count). The number of hydrogen-bond donors (Lipinski definition) is 4. The molecule has 4 aromatic carbocycles. The van der Waals surface area contributed by atoms with Crippen molar-refractivity contribution in [2.75, 3.05) is 39.4 Å². The van der Waals surface area contributed by atoms with Crippen molar-refractivity contribution in [2.45, 2.75) is 76.8 Å². The van der Waals surface area contributed by atoms with Gasteiger partial charge in [0.1, 0.15) is 35.9 Å². The number of rotatable bonds is 12. The molecule has 0 spiro atoms. The minimum atomic E-state index is -1.04. The summed E-state index contributed by atoms with van der Waals surface area (Å²) in [6.07, 6.45) is 0.396. The number of fused-ring (bicyclic) bond motifs is 2. The normalized spacial score (nSPS) is 20.5. The lowest BCUT2D eigenvalue weighted by Gasteiger charge is -2.23. The van der Waals surface area contributed by atoms with Crippen molar-refractivity contribution in [3.05, 3.63) is 142 Å². The number of carboxylic acids is 1. The zero-order chi connectivity index (χ0) is 46.6. The van der Waals surface area contributed by atoms with Crippen molar-refractivity contribution in [2.24, 2.45) is 0 Å². The van der Waals surface area contributed by atoms with Crippen LogP contribution in [0.4, 0.5) is 11.4 Å². The Bertz CT molecular complexity index is 2330. The second kappa shape index (κ2) is 21.7. The van der Waals surface area contributed by atoms with E-state index >= 15 is 0 Å². The van der Waals surface area contributed by atoms with Gasteiger partial charge >= 0.3 is 5.97 Å². The Morgan fingerprint density at radius 3 is 1.40 bits per heavy atom. The van der Waals surface area contributed by atoms with Crippen LogP contribution in [0.15, 0.2) is 97.1 Å². The zero-order valence-corrected chi connectivity index (χ0v) is 36.6. The fraction of sp³-hybridized carbons (Fsp3) is 0.375. The third-order valence-electron chi connectivity index (χ3n) is 10.4. The second-order valence-corrected chi connectivity index (χ2v) is 16.3. The Hall–Kier alpha value is -6.86. The molecule has 4 aromatic rings. The van der Waals surface area contributed by atoms with Gasteiger partial charge in [0.15, 0.2) is 36.2 Å². The molecule has 0 aromatic heterocycles. The maximum atomic E-state index is 12.5. The van der Waals surface area contributed by atoms with Gasteiger partial charge in [0.25, 0.3) is 17.7 Å². The number of hydrogen-bond acceptors (Lipinski definition) is 11. The van der Waals surface area contributed by atoms with Crippen LogP contribution in [0.1, 0.15) is 59.5 Å². The summed E-state index contributed by atoms with van der Waals surface area (Å²) in [5, 5.41) is 17.4. The molecule has 17 nitrogen and oxygen atoms in total. The number of ether oxygens (including phenoxy) is 6. The summed E-state index contributed by atoms with van der Waals surface area (Å²) in [6.45, 7) is 24.6. The van der Waals surface area contributed by atoms with Gasteiger partial charge in [-0.3, -0.25) is 14.4 Å². The van der Waals surface area contributed by atoms with Crippen molar-refractivity contribution in [1.82, 2.24) is 20.9 Å². The van der Waals surface area contributed by atoms with Crippen LogP contribution in [0, 0.1) is 13.1 Å². The van der Waals surface area contributed by atoms with Gasteiger partial charge in [-0.25, -0.2) is 14.5 Å². The summed E-state index contributed by atoms with van der Waals surface area (Å²) in [7, 11) is 0. The molecule has 4 aliphatic rings. The van der Waals surface area contributed by atoms with Crippen LogP contribution in [-0.2, 0) is 41.6 Å². The van der Waals surface area contributed by atoms with E-state index in [0.717, 1.165) is 24.2 Å². The van der Waals surface area contributed by atoms with Crippen molar-refractivity contribution in [3.63, 3.8) is 0 Å². The monoisotopic (exact) mass is 888 g/mol. The van der Waals surface area contributed by atoms with Crippen molar-refractivity contribution >= 4 is 35.1 Å². The van der Waals surface area contributed by atoms with Gasteiger partial charge in [0, 0.05) is 50.4 Å². The molecular weight excluding hydrogens is 837 g/mol. The fourth-order valence-corrected chi connectivity index (χ4v) is 7.29. The Labute approximate surface area is 377 Å². The predicted molar refractivity (Wildman–Crippen MR) is 236 cm³/mol. The number of carbonyl (C=O) groups is 4. The van der Waals surface area contributed by atoms with E-state index in [-0.39, 0.29) is 54.5 Å². The van der Waals surface area contributed by atoms with E-state index < -0.39 is 18.4 Å². The zero-order valence-electron chi connectivity index (χ0n) is 36.6. The first-order chi connectivity index (χ1) is 31.1. The van der Waals surface area contributed by atoms with Gasteiger partial charge in [0.2, 0.25) is 0 Å². The summed E-state index contributed by atoms with van der Waals surface area (Å²) in [6, 6.07) is 26.9. The van der Waals surface area contributed by atoms with Crippen LogP contribution >= 0.6 is 0 Å². The number of benzene rings is 4. The Balaban J connectivity index is 0.000000183. The SMILES string of the molecule is CC1(C)O[C@H]2CNC[C@H]2O1.[C-]#[N+]c1ccc(C(=O)NCc2ccc(OCC(=O)N3C[C@@H]4OC(C)(C)O[C@@H]4C3)cc2)cc1.[C-]#[N+]c1ccc(C(=O)NCc2ccc(OCC(=O)O)cc2)cc1. The third kappa shape index (κ3) is 14.1. The van der Waals surface area contributed by atoms with Gasteiger partial charge in [0.05, 0.1) is 13.1 Å². The smallest absolute Gasteiger partial charge is 0.341 e. The molecule has 4 fully saturated rings. The number of aliphatic carboxylic acids is 1. The lowest BCUT2D eigenvalue weighted by molar-refractivity contribution is -0.161. The molecule has 3 amide bonds. The first-order valence-corrected chi connectivity index (χ1v) is 20.9. The Morgan fingerprint density at radius 2 is 1.02 bits per heavy atom. The van der Waals surface area contributed by atoms with Gasteiger partial charge in [-0.1, -0.05) is 72.8 Å². The maximum absolute atomic E-state index is 12.5. The highest BCUT2D eigenvalue weighted by molar-refractivity contribution is 5.95. The van der Waals surface area contributed by atoms with Crippen LogP contribution < -0.4 is 25.4 Å². The second-order valence-electron chi connectivity index (χ2n) is 16.3. The maximum Gasteiger partial charge on any atom is 0.341 e. The summed E-state index contributed by atoms with van der Waals surface area (Å²) >= 11 is 0. The van der Waals surface area contributed by atoms with E-state index in [1.807, 2.05) is 39.8 Å². The Kier molecular flexibility index (Phi) is 15.9. The first-order valence-electron chi connectivity index (χ1n) is 20.9. The number of likely N-dealkylation sites (tertiary alicyclic amines) is 1. The van der Waals surface area contributed by atoms with Crippen molar-refractivity contribution in [1.29, 1.82) is 0 Å². The number of nitrogens with one attached hydrogen (secondary N) is 3. The lowest BCUT2D eigenvalue weighted by Crippen LogP contribution is -2.36. The predicted octanol–water partition coefficient (Wildman–Crippen LogP) is 5.65. The molecule has 4 N–H and O–H groups in total. The highest BCUT2D eigenvalue weighted by Gasteiger charge is 2.48. The minimum absolute atomic E-state index is 0.0560. The van der Waals surface area contributed by atoms with E-state index in [1.165, 1.54) is 0 Å². The van der Waals surface area contributed by atoms with Gasteiger partial charge < -0.3 is 54.4 Å². The van der Waals surface area contributed by atoms with Crippen LogP contribution in [0.3, 0.4) is 0 Å². The van der Waals surface area contributed by atoms with Gasteiger partial charge in [-0.2, -0.15) is 0 Å². The molecular formula is C48H52N6O11. The quantitative estimate of drug-likeness (QED) is 0.128. The average Bonchev–Trinajstić information content (AvgIpc) is 4.05. The molecule has 0 unspecified atom stereocenters. The van der Waals surface area contributed by atoms with E-state index in [2.05, 4.69) is 25.6 Å². The molecule has 4 saturated heterocycles. The standard InChI is InChI=1S/C24H25N3O5.C17H14N2O4.C7H13NO2/c1-24(2)31-20-13-27(14-21(20)32-24)22(28)15-30-19-10-4-16(5-11-19)12-26-23(29)17-6-8-18(25-3)9-7-17;1-18-14-6-4-13(5-7-14)17(22)19-10-12-2-8-15(9-3-12)23-11-16(20)21;1-7(2)9-5-3-8-4-6(5)10-7/h4-11,20-21H,12-15H2,1-2H3,(H,26,29);2-9H,10-11H2,(H,19,22)(H,20,21);5-6,8H,3-4H2,1-2H3/t20-,21+;;5-,6+. The topological polar surface area (TPSA) is 192 Å². The van der Waals surface area contributed by atoms with Gasteiger partial charge in [-0.05, 0) is 63.1 Å². The Morgan fingerprint density at radius 1 is 0.631 bits per heavy atom. The third-order valence-corrected chi connectivity index (χ3v) is 10.4. The number of carboxylic acid groups (broad SMARTS) is 1. The van der Waals surface area contributed by atoms with Crippen LogP contribution in [0.2, 0.25) is 0 Å². The van der Waals surface area contributed by atoms with E-state index in [9.17, 15) is 19.2 Å². The molecule has 340 valence electrons. The van der Waals surface area contributed by atoms with Crippen LogP contribution in [0.25, 0.3) is 9.69 Å². The largest absolute Gasteiger partial charge is 0.484 e. The van der Waals surface area contributed by atoms with E-state index in [4.69, 9.17) is 46.7 Å². The molecule has 4 aliphatic heterocycles. The number of nitrogens with zero attached hydrogens (tertiary/aromatic N) is 3.